The molecule has 16 heavy (non-hydrogen) atoms. The van der Waals surface area contributed by atoms with Gasteiger partial charge in [-0.25, -0.2) is 0 Å². The second-order valence-electron chi connectivity index (χ2n) is 4.39. The first kappa shape index (κ1) is 11.5. The molecule has 1 saturated carbocycles. The van der Waals surface area contributed by atoms with E-state index in [1.807, 2.05) is 0 Å². The van der Waals surface area contributed by atoms with Crippen molar-refractivity contribution < 1.29 is 4.79 Å². The molecule has 0 aromatic heterocycles. The summed E-state index contributed by atoms with van der Waals surface area (Å²) >= 11 is 1.78. The number of amides is 1. The Morgan fingerprint density at radius 2 is 2.12 bits per heavy atom. The molecule has 0 saturated heterocycles. The molecular weight excluding hydrogens is 218 g/mol. The molecule has 0 radical (unpaired) electrons. The highest BCUT2D eigenvalue weighted by atomic mass is 32.2. The van der Waals surface area contributed by atoms with Crippen molar-refractivity contribution in [3.63, 3.8) is 0 Å². The molecule has 0 bridgehead atoms. The van der Waals surface area contributed by atoms with Crippen molar-refractivity contribution in [2.24, 2.45) is 0 Å². The van der Waals surface area contributed by atoms with Crippen LogP contribution in [-0.4, -0.2) is 18.7 Å². The van der Waals surface area contributed by atoms with Gasteiger partial charge < -0.3 is 5.32 Å². The molecule has 86 valence electrons. The molecular formula is C13H17NOS. The second-order valence-corrected chi connectivity index (χ2v) is 5.24. The quantitative estimate of drug-likeness (QED) is 0.813. The third kappa shape index (κ3) is 2.24. The second kappa shape index (κ2) is 4.50. The fourth-order valence-electron chi connectivity index (χ4n) is 2.07. The van der Waals surface area contributed by atoms with Crippen LogP contribution < -0.4 is 5.32 Å². The first-order chi connectivity index (χ1) is 7.68. The van der Waals surface area contributed by atoms with Crippen LogP contribution in [0.3, 0.4) is 0 Å². The SMILES string of the molecule is CSc1ccccc1C1(CNC(C)=O)CC1. The van der Waals surface area contributed by atoms with Crippen LogP contribution in [0.5, 0.6) is 0 Å². The summed E-state index contributed by atoms with van der Waals surface area (Å²) in [5.74, 6) is 0.0629. The molecule has 0 spiro atoms. The standard InChI is InChI=1S/C13H17NOS/c1-10(15)14-9-13(7-8-13)11-5-3-4-6-12(11)16-2/h3-6H,7-9H2,1-2H3,(H,14,15). The average molecular weight is 235 g/mol. The van der Waals surface area contributed by atoms with Crippen LogP contribution in [0.25, 0.3) is 0 Å². The van der Waals surface area contributed by atoms with Gasteiger partial charge in [0.2, 0.25) is 5.91 Å². The molecule has 2 rings (SSSR count). The summed E-state index contributed by atoms with van der Waals surface area (Å²) in [5.41, 5.74) is 1.61. The number of nitrogens with one attached hydrogen (secondary N) is 1. The van der Waals surface area contributed by atoms with Gasteiger partial charge in [-0.3, -0.25) is 4.79 Å². The minimum absolute atomic E-state index is 0.0629. The van der Waals surface area contributed by atoms with Crippen molar-refractivity contribution >= 4 is 17.7 Å². The molecule has 1 aliphatic carbocycles. The summed E-state index contributed by atoms with van der Waals surface area (Å²) in [6.45, 7) is 2.36. The van der Waals surface area contributed by atoms with E-state index in [0.29, 0.717) is 0 Å². The van der Waals surface area contributed by atoms with E-state index in [9.17, 15) is 4.79 Å². The zero-order valence-corrected chi connectivity index (χ0v) is 10.6. The third-order valence-electron chi connectivity index (χ3n) is 3.21. The number of hydrogen-bond acceptors (Lipinski definition) is 2. The number of thioether (sulfide) groups is 1. The molecule has 0 atom stereocenters. The molecule has 1 aromatic rings. The van der Waals surface area contributed by atoms with E-state index >= 15 is 0 Å². The van der Waals surface area contributed by atoms with Crippen molar-refractivity contribution in [3.05, 3.63) is 29.8 Å². The summed E-state index contributed by atoms with van der Waals surface area (Å²) < 4.78 is 0. The Morgan fingerprint density at radius 3 is 2.69 bits per heavy atom. The van der Waals surface area contributed by atoms with E-state index in [1.165, 1.54) is 23.3 Å². The maximum absolute atomic E-state index is 11.0. The lowest BCUT2D eigenvalue weighted by molar-refractivity contribution is -0.119. The molecule has 2 nitrogen and oxygen atoms in total. The van der Waals surface area contributed by atoms with E-state index < -0.39 is 0 Å². The van der Waals surface area contributed by atoms with Crippen LogP contribution >= 0.6 is 11.8 Å². The number of benzene rings is 1. The highest BCUT2D eigenvalue weighted by Gasteiger charge is 2.45. The molecule has 1 N–H and O–H groups in total. The number of carbonyl (C=O) groups excluding carboxylic acids is 1. The molecule has 3 heteroatoms. The maximum atomic E-state index is 11.0. The highest BCUT2D eigenvalue weighted by Crippen LogP contribution is 2.50. The Morgan fingerprint density at radius 1 is 1.44 bits per heavy atom. The Bertz CT molecular complexity index is 399. The number of hydrogen-bond donors (Lipinski definition) is 1. The Hall–Kier alpha value is -0.960. The molecule has 0 aliphatic heterocycles. The maximum Gasteiger partial charge on any atom is 0.216 e. The molecule has 1 amide bonds. The Labute approximate surface area is 101 Å². The van der Waals surface area contributed by atoms with Crippen molar-refractivity contribution in [2.75, 3.05) is 12.8 Å². The minimum atomic E-state index is 0.0629. The molecule has 1 aliphatic rings. The van der Waals surface area contributed by atoms with Gasteiger partial charge in [0.25, 0.3) is 0 Å². The first-order valence-corrected chi connectivity index (χ1v) is 6.78. The van der Waals surface area contributed by atoms with Gasteiger partial charge in [0.15, 0.2) is 0 Å². The van der Waals surface area contributed by atoms with Crippen molar-refractivity contribution in [2.45, 2.75) is 30.1 Å². The van der Waals surface area contributed by atoms with E-state index in [1.54, 1.807) is 18.7 Å². The normalized spacial score (nSPS) is 16.9. The summed E-state index contributed by atoms with van der Waals surface area (Å²) in [6, 6.07) is 8.52. The monoisotopic (exact) mass is 235 g/mol. The molecule has 0 heterocycles. The van der Waals surface area contributed by atoms with Crippen LogP contribution in [0, 0.1) is 0 Å². The lowest BCUT2D eigenvalue weighted by atomic mass is 9.96. The zero-order valence-electron chi connectivity index (χ0n) is 9.75. The Balaban J connectivity index is 2.19. The van der Waals surface area contributed by atoms with Gasteiger partial charge in [-0.2, -0.15) is 0 Å². The summed E-state index contributed by atoms with van der Waals surface area (Å²) in [6.07, 6.45) is 4.48. The lowest BCUT2D eigenvalue weighted by Gasteiger charge is -2.18. The van der Waals surface area contributed by atoms with Gasteiger partial charge in [-0.15, -0.1) is 11.8 Å². The third-order valence-corrected chi connectivity index (χ3v) is 4.00. The largest absolute Gasteiger partial charge is 0.355 e. The topological polar surface area (TPSA) is 29.1 Å². The van der Waals surface area contributed by atoms with Crippen LogP contribution in [-0.2, 0) is 10.2 Å². The highest BCUT2D eigenvalue weighted by molar-refractivity contribution is 7.98. The van der Waals surface area contributed by atoms with E-state index in [0.717, 1.165) is 6.54 Å². The first-order valence-electron chi connectivity index (χ1n) is 5.56. The van der Waals surface area contributed by atoms with Crippen LogP contribution in [0.15, 0.2) is 29.2 Å². The predicted octanol–water partition coefficient (Wildman–Crippen LogP) is 2.58. The number of rotatable bonds is 4. The smallest absolute Gasteiger partial charge is 0.216 e. The van der Waals surface area contributed by atoms with Crippen molar-refractivity contribution in [1.82, 2.24) is 5.32 Å². The molecule has 1 fully saturated rings. The summed E-state index contributed by atoms with van der Waals surface area (Å²) in [4.78, 5) is 12.3. The van der Waals surface area contributed by atoms with Gasteiger partial charge in [0.1, 0.15) is 0 Å². The van der Waals surface area contributed by atoms with Crippen LogP contribution in [0.1, 0.15) is 25.3 Å². The van der Waals surface area contributed by atoms with E-state index in [4.69, 9.17) is 0 Å². The van der Waals surface area contributed by atoms with Gasteiger partial charge in [0.05, 0.1) is 0 Å². The Kier molecular flexibility index (Phi) is 3.24. The fourth-order valence-corrected chi connectivity index (χ4v) is 2.79. The fraction of sp³-hybridized carbons (Fsp3) is 0.462. The summed E-state index contributed by atoms with van der Waals surface area (Å²) in [5, 5.41) is 2.95. The average Bonchev–Trinajstić information content (AvgIpc) is 3.07. The summed E-state index contributed by atoms with van der Waals surface area (Å²) in [7, 11) is 0. The van der Waals surface area contributed by atoms with Gasteiger partial charge in [0, 0.05) is 23.8 Å². The van der Waals surface area contributed by atoms with Crippen LogP contribution in [0.4, 0.5) is 0 Å². The molecule has 0 unspecified atom stereocenters. The lowest BCUT2D eigenvalue weighted by Crippen LogP contribution is -2.30. The van der Waals surface area contributed by atoms with E-state index in [-0.39, 0.29) is 11.3 Å². The zero-order chi connectivity index (χ0) is 11.6. The van der Waals surface area contributed by atoms with Crippen LogP contribution in [0.2, 0.25) is 0 Å². The van der Waals surface area contributed by atoms with Gasteiger partial charge in [-0.05, 0) is 30.7 Å². The van der Waals surface area contributed by atoms with E-state index in [2.05, 4.69) is 35.8 Å². The van der Waals surface area contributed by atoms with Gasteiger partial charge in [-0.1, -0.05) is 18.2 Å². The van der Waals surface area contributed by atoms with Crippen molar-refractivity contribution in [3.8, 4) is 0 Å². The minimum Gasteiger partial charge on any atom is -0.355 e. The predicted molar refractivity (Wildman–Crippen MR) is 67.8 cm³/mol. The number of carbonyl (C=O) groups is 1. The van der Waals surface area contributed by atoms with Crippen molar-refractivity contribution in [1.29, 1.82) is 0 Å². The van der Waals surface area contributed by atoms with Gasteiger partial charge >= 0.3 is 0 Å². The molecule has 1 aromatic carbocycles.